The molecule has 19 heavy (non-hydrogen) atoms. The van der Waals surface area contributed by atoms with Gasteiger partial charge in [0.2, 0.25) is 0 Å². The van der Waals surface area contributed by atoms with Crippen molar-refractivity contribution in [2.45, 2.75) is 32.2 Å². The lowest BCUT2D eigenvalue weighted by atomic mass is 9.91. The zero-order chi connectivity index (χ0) is 13.5. The Morgan fingerprint density at radius 2 is 1.89 bits per heavy atom. The Hall–Kier alpha value is -1.19. The molecule has 0 radical (unpaired) electrons. The second kappa shape index (κ2) is 7.41. The van der Waals surface area contributed by atoms with Gasteiger partial charge in [0.25, 0.3) is 0 Å². The molecule has 0 saturated carbocycles. The fraction of sp³-hybridized carbons (Fsp3) is 0.562. The maximum atomic E-state index is 11.2. The van der Waals surface area contributed by atoms with Gasteiger partial charge in [0.05, 0.1) is 6.54 Å². The molecule has 0 bridgehead atoms. The Balaban J connectivity index is 1.69. The summed E-state index contributed by atoms with van der Waals surface area (Å²) in [7, 11) is 0. The molecular formula is C16H24N2O. The number of benzene rings is 1. The van der Waals surface area contributed by atoms with Crippen LogP contribution in [0.15, 0.2) is 30.3 Å². The molecule has 1 fully saturated rings. The summed E-state index contributed by atoms with van der Waals surface area (Å²) in [5.74, 6) is 0.911. The van der Waals surface area contributed by atoms with Crippen LogP contribution >= 0.6 is 0 Å². The van der Waals surface area contributed by atoms with Gasteiger partial charge in [-0.3, -0.25) is 9.69 Å². The monoisotopic (exact) mass is 260 g/mol. The summed E-state index contributed by atoms with van der Waals surface area (Å²) in [4.78, 5) is 13.7. The third kappa shape index (κ3) is 4.77. The molecule has 2 N–H and O–H groups in total. The lowest BCUT2D eigenvalue weighted by Crippen LogP contribution is -2.33. The number of hydrogen-bond donors (Lipinski definition) is 1. The van der Waals surface area contributed by atoms with Crippen LogP contribution in [0.1, 0.15) is 31.2 Å². The molecule has 104 valence electrons. The first-order valence-corrected chi connectivity index (χ1v) is 7.26. The van der Waals surface area contributed by atoms with Gasteiger partial charge in [0.1, 0.15) is 5.78 Å². The summed E-state index contributed by atoms with van der Waals surface area (Å²) < 4.78 is 0. The number of piperidine rings is 1. The number of likely N-dealkylation sites (tertiary alicyclic amines) is 1. The van der Waals surface area contributed by atoms with Crippen LogP contribution in [0.2, 0.25) is 0 Å². The van der Waals surface area contributed by atoms with E-state index in [4.69, 9.17) is 5.73 Å². The molecule has 0 unspecified atom stereocenters. The van der Waals surface area contributed by atoms with Crippen LogP contribution < -0.4 is 5.73 Å². The van der Waals surface area contributed by atoms with Crippen molar-refractivity contribution in [2.24, 2.45) is 11.7 Å². The first kappa shape index (κ1) is 14.2. The molecule has 0 aliphatic carbocycles. The van der Waals surface area contributed by atoms with Gasteiger partial charge in [0.15, 0.2) is 0 Å². The smallest absolute Gasteiger partial charge is 0.146 e. The number of carbonyl (C=O) groups is 1. The fourth-order valence-electron chi connectivity index (χ4n) is 2.74. The number of ketones is 1. The molecule has 1 aromatic rings. The minimum absolute atomic E-state index is 0.201. The molecule has 3 heteroatoms. The molecule has 1 saturated heterocycles. The summed E-state index contributed by atoms with van der Waals surface area (Å²) in [5, 5.41) is 0. The van der Waals surface area contributed by atoms with Crippen LogP contribution in [0.25, 0.3) is 0 Å². The summed E-state index contributed by atoms with van der Waals surface area (Å²) in [6, 6.07) is 10.6. The molecule has 1 heterocycles. The van der Waals surface area contributed by atoms with Gasteiger partial charge in [-0.1, -0.05) is 30.3 Å². The van der Waals surface area contributed by atoms with Crippen molar-refractivity contribution in [1.29, 1.82) is 0 Å². The largest absolute Gasteiger partial charge is 0.324 e. The van der Waals surface area contributed by atoms with Gasteiger partial charge < -0.3 is 5.73 Å². The van der Waals surface area contributed by atoms with Crippen molar-refractivity contribution in [3.63, 3.8) is 0 Å². The Labute approximate surface area is 115 Å². The first-order valence-electron chi connectivity index (χ1n) is 7.26. The molecular weight excluding hydrogens is 236 g/mol. The van der Waals surface area contributed by atoms with E-state index in [9.17, 15) is 4.79 Å². The predicted octanol–water partition coefficient (Wildman–Crippen LogP) is 2.21. The van der Waals surface area contributed by atoms with Crippen LogP contribution in [0.4, 0.5) is 0 Å². The van der Waals surface area contributed by atoms with E-state index in [0.717, 1.165) is 26.1 Å². The summed E-state index contributed by atoms with van der Waals surface area (Å²) in [6.07, 6.45) is 4.12. The maximum absolute atomic E-state index is 11.2. The topological polar surface area (TPSA) is 46.3 Å². The van der Waals surface area contributed by atoms with E-state index < -0.39 is 0 Å². The average Bonchev–Trinajstić information content (AvgIpc) is 2.47. The normalized spacial score (nSPS) is 17.5. The molecule has 1 aromatic carbocycles. The molecule has 0 atom stereocenters. The van der Waals surface area contributed by atoms with Crippen LogP contribution in [0.3, 0.4) is 0 Å². The van der Waals surface area contributed by atoms with E-state index >= 15 is 0 Å². The highest BCUT2D eigenvalue weighted by molar-refractivity contribution is 5.80. The van der Waals surface area contributed by atoms with E-state index in [1.807, 2.05) is 0 Å². The van der Waals surface area contributed by atoms with Crippen molar-refractivity contribution >= 4 is 5.78 Å². The molecule has 2 rings (SSSR count). The molecule has 3 nitrogen and oxygen atoms in total. The standard InChI is InChI=1S/C16H24N2O/c17-12-16(19)7-6-14-8-10-18(11-9-14)13-15-4-2-1-3-5-15/h1-5,14H,6-13,17H2. The van der Waals surface area contributed by atoms with Gasteiger partial charge in [-0.25, -0.2) is 0 Å². The summed E-state index contributed by atoms with van der Waals surface area (Å²) in [6.45, 7) is 3.55. The van der Waals surface area contributed by atoms with Gasteiger partial charge in [-0.15, -0.1) is 0 Å². The molecule has 0 aromatic heterocycles. The first-order chi connectivity index (χ1) is 9.28. The van der Waals surface area contributed by atoms with E-state index in [-0.39, 0.29) is 12.3 Å². The number of nitrogens with zero attached hydrogens (tertiary/aromatic N) is 1. The summed E-state index contributed by atoms with van der Waals surface area (Å²) >= 11 is 0. The van der Waals surface area contributed by atoms with E-state index in [1.165, 1.54) is 18.4 Å². The Morgan fingerprint density at radius 3 is 2.53 bits per heavy atom. The number of hydrogen-bond acceptors (Lipinski definition) is 3. The van der Waals surface area contributed by atoms with Crippen LogP contribution in [0.5, 0.6) is 0 Å². The molecule has 1 aliphatic rings. The lowest BCUT2D eigenvalue weighted by Gasteiger charge is -2.31. The SMILES string of the molecule is NCC(=O)CCC1CCN(Cc2ccccc2)CC1. The van der Waals surface area contributed by atoms with E-state index in [2.05, 4.69) is 35.2 Å². The zero-order valence-electron chi connectivity index (χ0n) is 11.6. The molecule has 0 spiro atoms. The number of nitrogens with two attached hydrogens (primary N) is 1. The highest BCUT2D eigenvalue weighted by Gasteiger charge is 2.19. The van der Waals surface area contributed by atoms with Crippen LogP contribution in [0, 0.1) is 5.92 Å². The van der Waals surface area contributed by atoms with Crippen molar-refractivity contribution in [3.05, 3.63) is 35.9 Å². The molecule has 1 aliphatic heterocycles. The second-order valence-corrected chi connectivity index (χ2v) is 5.49. The Morgan fingerprint density at radius 1 is 1.21 bits per heavy atom. The van der Waals surface area contributed by atoms with Crippen molar-refractivity contribution in [1.82, 2.24) is 4.90 Å². The van der Waals surface area contributed by atoms with Crippen molar-refractivity contribution in [3.8, 4) is 0 Å². The minimum Gasteiger partial charge on any atom is -0.324 e. The zero-order valence-corrected chi connectivity index (χ0v) is 11.6. The van der Waals surface area contributed by atoms with Crippen LogP contribution in [-0.2, 0) is 11.3 Å². The minimum atomic E-state index is 0.201. The predicted molar refractivity (Wildman–Crippen MR) is 77.7 cm³/mol. The van der Waals surface area contributed by atoms with Crippen molar-refractivity contribution < 1.29 is 4.79 Å². The Bertz CT molecular complexity index is 383. The van der Waals surface area contributed by atoms with Gasteiger partial charge in [-0.2, -0.15) is 0 Å². The highest BCUT2D eigenvalue weighted by atomic mass is 16.1. The summed E-state index contributed by atoms with van der Waals surface area (Å²) in [5.41, 5.74) is 6.73. The average molecular weight is 260 g/mol. The fourth-order valence-corrected chi connectivity index (χ4v) is 2.74. The van der Waals surface area contributed by atoms with Gasteiger partial charge in [-0.05, 0) is 43.8 Å². The second-order valence-electron chi connectivity index (χ2n) is 5.49. The quantitative estimate of drug-likeness (QED) is 0.853. The third-order valence-electron chi connectivity index (χ3n) is 4.02. The van der Waals surface area contributed by atoms with Crippen molar-refractivity contribution in [2.75, 3.05) is 19.6 Å². The Kier molecular flexibility index (Phi) is 5.55. The van der Waals surface area contributed by atoms with E-state index in [0.29, 0.717) is 12.3 Å². The number of Topliss-reactive ketones (excluding diaryl/α,β-unsaturated/α-hetero) is 1. The maximum Gasteiger partial charge on any atom is 0.146 e. The van der Waals surface area contributed by atoms with Gasteiger partial charge in [0, 0.05) is 13.0 Å². The highest BCUT2D eigenvalue weighted by Crippen LogP contribution is 2.23. The van der Waals surface area contributed by atoms with E-state index in [1.54, 1.807) is 0 Å². The van der Waals surface area contributed by atoms with Gasteiger partial charge >= 0.3 is 0 Å². The third-order valence-corrected chi connectivity index (χ3v) is 4.02. The number of carbonyl (C=O) groups excluding carboxylic acids is 1. The number of rotatable bonds is 6. The van der Waals surface area contributed by atoms with Crippen LogP contribution in [-0.4, -0.2) is 30.3 Å². The molecule has 0 amide bonds. The lowest BCUT2D eigenvalue weighted by molar-refractivity contribution is -0.118.